The minimum atomic E-state index is -0.897. The van der Waals surface area contributed by atoms with E-state index in [0.717, 1.165) is 30.2 Å². The lowest BCUT2D eigenvalue weighted by molar-refractivity contribution is -0.136. The maximum Gasteiger partial charge on any atom is 0.317 e. The maximum atomic E-state index is 13.0. The zero-order chi connectivity index (χ0) is 19.3. The fourth-order valence-electron chi connectivity index (χ4n) is 2.59. The van der Waals surface area contributed by atoms with Crippen LogP contribution in [0.5, 0.6) is 0 Å². The van der Waals surface area contributed by atoms with E-state index in [1.54, 1.807) is 26.1 Å². The Balaban J connectivity index is 2.30. The Morgan fingerprint density at radius 1 is 1.35 bits per heavy atom. The molecule has 5 nitrogen and oxygen atoms in total. The minimum Gasteiger partial charge on any atom is -0.480 e. The SMILES string of the molecule is CCCCC(Sc1nc(C)c(Cc2ccc(F)cc2)c(=O)n1C)C(=O)O. The van der Waals surface area contributed by atoms with Crippen molar-refractivity contribution in [1.29, 1.82) is 0 Å². The number of hydrogen-bond acceptors (Lipinski definition) is 4. The highest BCUT2D eigenvalue weighted by atomic mass is 32.2. The summed E-state index contributed by atoms with van der Waals surface area (Å²) in [6, 6.07) is 6.00. The van der Waals surface area contributed by atoms with Gasteiger partial charge in [0.1, 0.15) is 11.1 Å². The average Bonchev–Trinajstić information content (AvgIpc) is 2.61. The third-order valence-corrected chi connectivity index (χ3v) is 5.48. The molecule has 0 aliphatic carbocycles. The number of aliphatic carboxylic acids is 1. The van der Waals surface area contributed by atoms with Gasteiger partial charge in [-0.2, -0.15) is 0 Å². The summed E-state index contributed by atoms with van der Waals surface area (Å²) in [5.41, 5.74) is 1.72. The van der Waals surface area contributed by atoms with E-state index in [1.807, 2.05) is 6.92 Å². The van der Waals surface area contributed by atoms with Gasteiger partial charge < -0.3 is 5.11 Å². The van der Waals surface area contributed by atoms with Crippen molar-refractivity contribution >= 4 is 17.7 Å². The second-order valence-corrected chi connectivity index (χ2v) is 7.38. The van der Waals surface area contributed by atoms with E-state index in [4.69, 9.17) is 0 Å². The van der Waals surface area contributed by atoms with Crippen LogP contribution in [-0.2, 0) is 18.3 Å². The van der Waals surface area contributed by atoms with Gasteiger partial charge in [-0.25, -0.2) is 9.37 Å². The number of aromatic nitrogens is 2. The highest BCUT2D eigenvalue weighted by Gasteiger charge is 2.22. The van der Waals surface area contributed by atoms with E-state index in [2.05, 4.69) is 4.98 Å². The second-order valence-electron chi connectivity index (χ2n) is 6.21. The summed E-state index contributed by atoms with van der Waals surface area (Å²) in [4.78, 5) is 28.7. The normalized spacial score (nSPS) is 12.2. The predicted octanol–water partition coefficient (Wildman–Crippen LogP) is 3.55. The molecule has 0 aliphatic rings. The zero-order valence-corrected chi connectivity index (χ0v) is 16.0. The summed E-state index contributed by atoms with van der Waals surface area (Å²) in [6.45, 7) is 3.75. The van der Waals surface area contributed by atoms with Crippen molar-refractivity contribution in [3.63, 3.8) is 0 Å². The van der Waals surface area contributed by atoms with Crippen LogP contribution in [0.3, 0.4) is 0 Å². The van der Waals surface area contributed by atoms with Gasteiger partial charge >= 0.3 is 5.97 Å². The lowest BCUT2D eigenvalue weighted by Gasteiger charge is -2.15. The number of carbonyl (C=O) groups is 1. The van der Waals surface area contributed by atoms with Crippen molar-refractivity contribution in [2.24, 2.45) is 7.05 Å². The summed E-state index contributed by atoms with van der Waals surface area (Å²) < 4.78 is 14.4. The second kappa shape index (κ2) is 8.98. The Labute approximate surface area is 156 Å². The molecule has 0 radical (unpaired) electrons. The molecule has 2 rings (SSSR count). The van der Waals surface area contributed by atoms with Gasteiger partial charge in [0, 0.05) is 24.7 Å². The van der Waals surface area contributed by atoms with Crippen LogP contribution >= 0.6 is 11.8 Å². The topological polar surface area (TPSA) is 72.2 Å². The van der Waals surface area contributed by atoms with Crippen molar-refractivity contribution in [3.8, 4) is 0 Å². The number of hydrogen-bond donors (Lipinski definition) is 1. The fourth-order valence-corrected chi connectivity index (χ4v) is 3.67. The number of rotatable bonds is 8. The lowest BCUT2D eigenvalue weighted by Crippen LogP contribution is -2.27. The van der Waals surface area contributed by atoms with E-state index in [9.17, 15) is 19.1 Å². The quantitative estimate of drug-likeness (QED) is 0.562. The van der Waals surface area contributed by atoms with Crippen molar-refractivity contribution in [1.82, 2.24) is 9.55 Å². The van der Waals surface area contributed by atoms with Crippen molar-refractivity contribution in [3.05, 3.63) is 57.3 Å². The summed E-state index contributed by atoms with van der Waals surface area (Å²) in [7, 11) is 1.60. The smallest absolute Gasteiger partial charge is 0.317 e. The standard InChI is InChI=1S/C19H23FN2O3S/c1-4-5-6-16(18(24)25)26-19-21-12(2)15(17(23)22(19)3)11-13-7-9-14(20)10-8-13/h7-10,16H,4-6,11H2,1-3H3,(H,24,25). The van der Waals surface area contributed by atoms with Gasteiger partial charge in [0.15, 0.2) is 5.16 Å². The van der Waals surface area contributed by atoms with Gasteiger partial charge in [0.05, 0.1) is 0 Å². The molecule has 140 valence electrons. The van der Waals surface area contributed by atoms with Crippen LogP contribution < -0.4 is 5.56 Å². The molecule has 26 heavy (non-hydrogen) atoms. The Morgan fingerprint density at radius 2 is 2.00 bits per heavy atom. The first-order chi connectivity index (χ1) is 12.3. The predicted molar refractivity (Wildman–Crippen MR) is 100 cm³/mol. The molecular weight excluding hydrogens is 355 g/mol. The number of thioether (sulfide) groups is 1. The summed E-state index contributed by atoms with van der Waals surface area (Å²) in [6.07, 6.45) is 2.60. The molecule has 0 aliphatic heterocycles. The first-order valence-corrected chi connectivity index (χ1v) is 9.41. The van der Waals surface area contributed by atoms with Crippen LogP contribution in [0.4, 0.5) is 4.39 Å². The molecule has 1 N–H and O–H groups in total. The fraction of sp³-hybridized carbons (Fsp3) is 0.421. The Morgan fingerprint density at radius 3 is 2.58 bits per heavy atom. The van der Waals surface area contributed by atoms with Gasteiger partial charge in [-0.05, 0) is 31.0 Å². The van der Waals surface area contributed by atoms with E-state index in [1.165, 1.54) is 16.7 Å². The summed E-state index contributed by atoms with van der Waals surface area (Å²) in [5, 5.41) is 9.17. The number of benzene rings is 1. The molecule has 7 heteroatoms. The van der Waals surface area contributed by atoms with E-state index < -0.39 is 11.2 Å². The van der Waals surface area contributed by atoms with Crippen LogP contribution in [0.1, 0.15) is 43.0 Å². The summed E-state index contributed by atoms with van der Waals surface area (Å²) >= 11 is 1.11. The van der Waals surface area contributed by atoms with Crippen molar-refractivity contribution in [2.75, 3.05) is 0 Å². The van der Waals surface area contributed by atoms with Crippen LogP contribution in [0, 0.1) is 12.7 Å². The van der Waals surface area contributed by atoms with E-state index in [0.29, 0.717) is 29.3 Å². The third-order valence-electron chi connectivity index (χ3n) is 4.19. The van der Waals surface area contributed by atoms with Crippen LogP contribution in [-0.4, -0.2) is 25.9 Å². The molecule has 0 spiro atoms. The van der Waals surface area contributed by atoms with Crippen LogP contribution in [0.15, 0.2) is 34.2 Å². The molecule has 1 aromatic carbocycles. The Kier molecular flexibility index (Phi) is 6.97. The number of halogens is 1. The number of unbranched alkanes of at least 4 members (excludes halogenated alkanes) is 1. The lowest BCUT2D eigenvalue weighted by atomic mass is 10.1. The third kappa shape index (κ3) is 4.94. The molecule has 1 unspecified atom stereocenters. The monoisotopic (exact) mass is 378 g/mol. The maximum absolute atomic E-state index is 13.0. The first kappa shape index (κ1) is 20.2. The number of carboxylic acids is 1. The molecular formula is C19H23FN2O3S. The van der Waals surface area contributed by atoms with Gasteiger partial charge in [-0.3, -0.25) is 14.2 Å². The molecule has 0 bridgehead atoms. The molecule has 1 atom stereocenters. The van der Waals surface area contributed by atoms with Gasteiger partial charge in [-0.1, -0.05) is 43.7 Å². The molecule has 0 saturated heterocycles. The highest BCUT2D eigenvalue weighted by Crippen LogP contribution is 2.25. The number of carboxylic acid groups (broad SMARTS) is 1. The van der Waals surface area contributed by atoms with Gasteiger partial charge in [0.25, 0.3) is 5.56 Å². The van der Waals surface area contributed by atoms with E-state index in [-0.39, 0.29) is 11.4 Å². The molecule has 1 aromatic heterocycles. The minimum absolute atomic E-state index is 0.205. The average molecular weight is 378 g/mol. The van der Waals surface area contributed by atoms with Crippen LogP contribution in [0.25, 0.3) is 0 Å². The molecule has 2 aromatic rings. The zero-order valence-electron chi connectivity index (χ0n) is 15.2. The van der Waals surface area contributed by atoms with Gasteiger partial charge in [-0.15, -0.1) is 0 Å². The molecule has 0 fully saturated rings. The Hall–Kier alpha value is -2.15. The molecule has 0 amide bonds. The largest absolute Gasteiger partial charge is 0.480 e. The number of aryl methyl sites for hydroxylation is 1. The van der Waals surface area contributed by atoms with Gasteiger partial charge in [0.2, 0.25) is 0 Å². The van der Waals surface area contributed by atoms with Crippen LogP contribution in [0.2, 0.25) is 0 Å². The highest BCUT2D eigenvalue weighted by molar-refractivity contribution is 8.00. The van der Waals surface area contributed by atoms with E-state index >= 15 is 0 Å². The number of nitrogens with zero attached hydrogens (tertiary/aromatic N) is 2. The van der Waals surface area contributed by atoms with Crippen molar-refractivity contribution in [2.45, 2.75) is 49.9 Å². The first-order valence-electron chi connectivity index (χ1n) is 8.53. The molecule has 1 heterocycles. The van der Waals surface area contributed by atoms with Crippen molar-refractivity contribution < 1.29 is 14.3 Å². The summed E-state index contributed by atoms with van der Waals surface area (Å²) in [5.74, 6) is -1.22. The molecule has 0 saturated carbocycles. The Bertz CT molecular complexity index is 834.